The zero-order valence-corrected chi connectivity index (χ0v) is 6.45. The van der Waals surface area contributed by atoms with E-state index in [0.717, 1.165) is 25.9 Å². The second-order valence-corrected chi connectivity index (χ2v) is 2.81. The predicted molar refractivity (Wildman–Crippen MR) is 41.4 cm³/mol. The van der Waals surface area contributed by atoms with E-state index in [0.29, 0.717) is 0 Å². The lowest BCUT2D eigenvalue weighted by Crippen LogP contribution is -2.41. The van der Waals surface area contributed by atoms with Crippen LogP contribution in [0.2, 0.25) is 0 Å². The number of aliphatic hydroxyl groups excluding tert-OH is 1. The maximum absolute atomic E-state index is 8.66. The average molecular weight is 158 g/mol. The molecular formula is C7H14N2O2. The van der Waals surface area contributed by atoms with Gasteiger partial charge in [0.25, 0.3) is 0 Å². The quantitative estimate of drug-likeness (QED) is 0.280. The van der Waals surface area contributed by atoms with Gasteiger partial charge in [-0.15, -0.1) is 0 Å². The minimum absolute atomic E-state index is 0.0651. The van der Waals surface area contributed by atoms with Gasteiger partial charge in [-0.3, -0.25) is 5.41 Å². The molecule has 1 saturated heterocycles. The van der Waals surface area contributed by atoms with Gasteiger partial charge in [0.1, 0.15) is 0 Å². The molecule has 0 saturated carbocycles. The zero-order valence-electron chi connectivity index (χ0n) is 6.45. The van der Waals surface area contributed by atoms with Crippen molar-refractivity contribution in [2.24, 2.45) is 0 Å². The second-order valence-electron chi connectivity index (χ2n) is 2.81. The molecule has 0 atom stereocenters. The summed E-state index contributed by atoms with van der Waals surface area (Å²) in [5, 5.41) is 24.6. The molecule has 3 N–H and O–H groups in total. The molecule has 0 spiro atoms. The molecule has 1 aliphatic rings. The SMILES string of the molecule is N=C(C(O)O)N1CCCCC1. The number of aliphatic hydroxyl groups is 2. The minimum atomic E-state index is -1.60. The molecule has 0 aliphatic carbocycles. The van der Waals surface area contributed by atoms with E-state index >= 15 is 0 Å². The zero-order chi connectivity index (χ0) is 8.27. The third-order valence-electron chi connectivity index (χ3n) is 1.94. The first kappa shape index (κ1) is 8.49. The first-order valence-electron chi connectivity index (χ1n) is 3.91. The highest BCUT2D eigenvalue weighted by Crippen LogP contribution is 2.09. The fraction of sp³-hybridized carbons (Fsp3) is 0.857. The van der Waals surface area contributed by atoms with E-state index in [1.54, 1.807) is 4.90 Å². The van der Waals surface area contributed by atoms with Crippen LogP contribution >= 0.6 is 0 Å². The summed E-state index contributed by atoms with van der Waals surface area (Å²) in [5.41, 5.74) is 0. The molecule has 11 heavy (non-hydrogen) atoms. The van der Waals surface area contributed by atoms with Crippen molar-refractivity contribution in [3.8, 4) is 0 Å². The first-order chi connectivity index (χ1) is 5.22. The van der Waals surface area contributed by atoms with Gasteiger partial charge in [0.05, 0.1) is 0 Å². The highest BCUT2D eigenvalue weighted by atomic mass is 16.5. The molecule has 0 radical (unpaired) electrons. The molecule has 1 fully saturated rings. The Balaban J connectivity index is 2.39. The standard InChI is InChI=1S/C7H14N2O2/c8-6(7(10)11)9-4-2-1-3-5-9/h7-8,10-11H,1-5H2. The van der Waals surface area contributed by atoms with Crippen LogP contribution in [0.1, 0.15) is 19.3 Å². The molecule has 1 aliphatic heterocycles. The van der Waals surface area contributed by atoms with Crippen LogP contribution in [0.3, 0.4) is 0 Å². The highest BCUT2D eigenvalue weighted by molar-refractivity contribution is 5.81. The lowest BCUT2D eigenvalue weighted by atomic mass is 10.1. The number of rotatable bonds is 1. The lowest BCUT2D eigenvalue weighted by molar-refractivity contribution is 0.00752. The Hall–Kier alpha value is -0.610. The largest absolute Gasteiger partial charge is 0.362 e. The molecule has 0 bridgehead atoms. The maximum atomic E-state index is 8.66. The van der Waals surface area contributed by atoms with Crippen LogP contribution < -0.4 is 0 Å². The van der Waals surface area contributed by atoms with Gasteiger partial charge >= 0.3 is 0 Å². The van der Waals surface area contributed by atoms with E-state index in [1.165, 1.54) is 6.42 Å². The Morgan fingerprint density at radius 1 is 1.18 bits per heavy atom. The Labute approximate surface area is 66.0 Å². The van der Waals surface area contributed by atoms with E-state index in [4.69, 9.17) is 15.6 Å². The molecule has 1 rings (SSSR count). The third kappa shape index (κ3) is 2.17. The minimum Gasteiger partial charge on any atom is -0.362 e. The third-order valence-corrected chi connectivity index (χ3v) is 1.94. The molecule has 4 heteroatoms. The van der Waals surface area contributed by atoms with Crippen LogP contribution in [0.5, 0.6) is 0 Å². The van der Waals surface area contributed by atoms with Crippen LogP contribution in [0.25, 0.3) is 0 Å². The summed E-state index contributed by atoms with van der Waals surface area (Å²) in [6.45, 7) is 1.58. The summed E-state index contributed by atoms with van der Waals surface area (Å²) < 4.78 is 0. The van der Waals surface area contributed by atoms with Gasteiger partial charge in [0.15, 0.2) is 5.84 Å². The van der Waals surface area contributed by atoms with Crippen molar-refractivity contribution in [3.63, 3.8) is 0 Å². The number of piperidine rings is 1. The summed E-state index contributed by atoms with van der Waals surface area (Å²) in [5.74, 6) is -0.0651. The number of amidine groups is 1. The monoisotopic (exact) mass is 158 g/mol. The Morgan fingerprint density at radius 2 is 1.73 bits per heavy atom. The van der Waals surface area contributed by atoms with E-state index in [1.807, 2.05) is 0 Å². The summed E-state index contributed by atoms with van der Waals surface area (Å²) in [6, 6.07) is 0. The van der Waals surface area contributed by atoms with Crippen molar-refractivity contribution in [1.29, 1.82) is 5.41 Å². The first-order valence-corrected chi connectivity index (χ1v) is 3.91. The maximum Gasteiger partial charge on any atom is 0.211 e. The second kappa shape index (κ2) is 3.69. The molecule has 64 valence electrons. The Kier molecular flexibility index (Phi) is 2.84. The normalized spacial score (nSPS) is 19.0. The summed E-state index contributed by atoms with van der Waals surface area (Å²) >= 11 is 0. The topological polar surface area (TPSA) is 67.5 Å². The van der Waals surface area contributed by atoms with Gasteiger partial charge in [-0.2, -0.15) is 0 Å². The number of nitrogens with zero attached hydrogens (tertiary/aromatic N) is 1. The predicted octanol–water partition coefficient (Wildman–Crippen LogP) is -0.240. The fourth-order valence-corrected chi connectivity index (χ4v) is 1.30. The van der Waals surface area contributed by atoms with Crippen molar-refractivity contribution >= 4 is 5.84 Å². The fourth-order valence-electron chi connectivity index (χ4n) is 1.30. The highest BCUT2D eigenvalue weighted by Gasteiger charge is 2.17. The average Bonchev–Trinajstić information content (AvgIpc) is 2.05. The summed E-state index contributed by atoms with van der Waals surface area (Å²) in [7, 11) is 0. The van der Waals surface area contributed by atoms with Crippen LogP contribution in [0.15, 0.2) is 0 Å². The van der Waals surface area contributed by atoms with Gasteiger partial charge in [0.2, 0.25) is 6.29 Å². The van der Waals surface area contributed by atoms with E-state index in [9.17, 15) is 0 Å². The molecule has 0 unspecified atom stereocenters. The summed E-state index contributed by atoms with van der Waals surface area (Å²) in [4.78, 5) is 1.72. The van der Waals surface area contributed by atoms with Crippen molar-refractivity contribution in [2.75, 3.05) is 13.1 Å². The molecule has 0 aromatic heterocycles. The molecule has 4 nitrogen and oxygen atoms in total. The van der Waals surface area contributed by atoms with Crippen LogP contribution in [0, 0.1) is 5.41 Å². The Morgan fingerprint density at radius 3 is 2.18 bits per heavy atom. The van der Waals surface area contributed by atoms with Crippen LogP contribution in [-0.2, 0) is 0 Å². The van der Waals surface area contributed by atoms with E-state index < -0.39 is 6.29 Å². The van der Waals surface area contributed by atoms with Crippen LogP contribution in [-0.4, -0.2) is 40.3 Å². The van der Waals surface area contributed by atoms with Gasteiger partial charge < -0.3 is 15.1 Å². The van der Waals surface area contributed by atoms with Gasteiger partial charge in [-0.1, -0.05) is 0 Å². The number of hydrogen-bond donors (Lipinski definition) is 3. The van der Waals surface area contributed by atoms with E-state index in [2.05, 4.69) is 0 Å². The summed E-state index contributed by atoms with van der Waals surface area (Å²) in [6.07, 6.45) is 1.68. The molecule has 0 aromatic carbocycles. The van der Waals surface area contributed by atoms with Crippen LogP contribution in [0.4, 0.5) is 0 Å². The van der Waals surface area contributed by atoms with Crippen molar-refractivity contribution in [2.45, 2.75) is 25.6 Å². The Bertz CT molecular complexity index is 141. The number of likely N-dealkylation sites (tertiary alicyclic amines) is 1. The molecule has 0 amide bonds. The lowest BCUT2D eigenvalue weighted by Gasteiger charge is -2.29. The van der Waals surface area contributed by atoms with Crippen molar-refractivity contribution in [1.82, 2.24) is 4.90 Å². The molecular weight excluding hydrogens is 144 g/mol. The van der Waals surface area contributed by atoms with Gasteiger partial charge in [0, 0.05) is 13.1 Å². The van der Waals surface area contributed by atoms with Gasteiger partial charge in [-0.05, 0) is 19.3 Å². The number of nitrogens with one attached hydrogen (secondary N) is 1. The van der Waals surface area contributed by atoms with Crippen molar-refractivity contribution in [3.05, 3.63) is 0 Å². The number of hydrogen-bond acceptors (Lipinski definition) is 3. The smallest absolute Gasteiger partial charge is 0.211 e. The molecule has 0 aromatic rings. The van der Waals surface area contributed by atoms with Crippen molar-refractivity contribution < 1.29 is 10.2 Å². The van der Waals surface area contributed by atoms with Gasteiger partial charge in [-0.25, -0.2) is 0 Å². The molecule has 1 heterocycles. The van der Waals surface area contributed by atoms with E-state index in [-0.39, 0.29) is 5.84 Å².